The number of sulfonamides is 1. The first-order valence-electron chi connectivity index (χ1n) is 5.74. The number of benzene rings is 1. The minimum Gasteiger partial charge on any atom is -0.325 e. The van der Waals surface area contributed by atoms with Crippen LogP contribution < -0.4 is 10.5 Å². The van der Waals surface area contributed by atoms with E-state index < -0.39 is 15.8 Å². The molecule has 5 nitrogen and oxygen atoms in total. The number of carbonyl (C=O) groups is 1. The van der Waals surface area contributed by atoms with E-state index in [9.17, 15) is 17.6 Å². The number of amides is 1. The largest absolute Gasteiger partial charge is 0.325 e. The molecule has 0 aliphatic heterocycles. The Morgan fingerprint density at radius 3 is 2.53 bits per heavy atom. The molecule has 0 aromatic heterocycles. The molecule has 1 aromatic rings. The van der Waals surface area contributed by atoms with E-state index in [1.54, 1.807) is 0 Å². The number of halogens is 1. The van der Waals surface area contributed by atoms with Crippen molar-refractivity contribution in [2.75, 3.05) is 5.32 Å². The van der Waals surface area contributed by atoms with Gasteiger partial charge in [0.2, 0.25) is 15.9 Å². The summed E-state index contributed by atoms with van der Waals surface area (Å²) in [5, 5.41) is 7.46. The Morgan fingerprint density at radius 1 is 1.47 bits per heavy atom. The van der Waals surface area contributed by atoms with Crippen molar-refractivity contribution in [3.05, 3.63) is 24.0 Å². The summed E-state index contributed by atoms with van der Waals surface area (Å²) in [5.74, 6) is -1.15. The second-order valence-corrected chi connectivity index (χ2v) is 6.95. The topological polar surface area (TPSA) is 89.3 Å². The fourth-order valence-electron chi connectivity index (χ4n) is 1.98. The van der Waals surface area contributed by atoms with Gasteiger partial charge in [-0.15, -0.1) is 0 Å². The molecule has 1 amide bonds. The van der Waals surface area contributed by atoms with Crippen LogP contribution in [0.3, 0.4) is 0 Å². The molecule has 0 radical (unpaired) electrons. The summed E-state index contributed by atoms with van der Waals surface area (Å²) in [6.07, 6.45) is 0.721. The molecule has 0 heterocycles. The quantitative estimate of drug-likeness (QED) is 0.881. The lowest BCUT2D eigenvalue weighted by Crippen LogP contribution is -2.20. The summed E-state index contributed by atoms with van der Waals surface area (Å²) in [5.41, 5.74) is -0.214. The average molecular weight is 286 g/mol. The molecule has 0 saturated heterocycles. The predicted octanol–water partition coefficient (Wildman–Crippen LogP) is 1.46. The van der Waals surface area contributed by atoms with E-state index in [0.717, 1.165) is 24.6 Å². The van der Waals surface area contributed by atoms with Gasteiger partial charge < -0.3 is 5.32 Å². The second-order valence-electron chi connectivity index (χ2n) is 5.42. The van der Waals surface area contributed by atoms with Crippen molar-refractivity contribution in [1.82, 2.24) is 0 Å². The molecule has 2 rings (SSSR count). The zero-order valence-corrected chi connectivity index (χ0v) is 11.4. The average Bonchev–Trinajstić information content (AvgIpc) is 2.86. The zero-order valence-electron chi connectivity index (χ0n) is 10.6. The highest BCUT2D eigenvalue weighted by Gasteiger charge is 2.50. The molecule has 1 aliphatic rings. The predicted molar refractivity (Wildman–Crippen MR) is 68.3 cm³/mol. The second kappa shape index (κ2) is 4.28. The van der Waals surface area contributed by atoms with E-state index in [1.807, 2.05) is 13.8 Å². The van der Waals surface area contributed by atoms with Gasteiger partial charge in [0.25, 0.3) is 0 Å². The molecular formula is C12H15FN2O3S. The molecule has 1 unspecified atom stereocenters. The van der Waals surface area contributed by atoms with Crippen molar-refractivity contribution >= 4 is 21.6 Å². The third kappa shape index (κ3) is 2.93. The van der Waals surface area contributed by atoms with Crippen molar-refractivity contribution in [2.24, 2.45) is 16.5 Å². The molecule has 19 heavy (non-hydrogen) atoms. The maximum Gasteiger partial charge on any atom is 0.240 e. The van der Waals surface area contributed by atoms with Crippen molar-refractivity contribution < 1.29 is 17.6 Å². The van der Waals surface area contributed by atoms with Crippen molar-refractivity contribution in [1.29, 1.82) is 0 Å². The molecule has 104 valence electrons. The number of hydrogen-bond donors (Lipinski definition) is 2. The van der Waals surface area contributed by atoms with Gasteiger partial charge in [0.15, 0.2) is 0 Å². The van der Waals surface area contributed by atoms with E-state index >= 15 is 0 Å². The summed E-state index contributed by atoms with van der Waals surface area (Å²) in [4.78, 5) is 11.6. The van der Waals surface area contributed by atoms with Crippen LogP contribution in [0.15, 0.2) is 23.1 Å². The van der Waals surface area contributed by atoms with Gasteiger partial charge in [-0.05, 0) is 30.0 Å². The Bertz CT molecular complexity index is 640. The molecule has 1 fully saturated rings. The summed E-state index contributed by atoms with van der Waals surface area (Å²) in [6, 6.07) is 2.97. The van der Waals surface area contributed by atoms with E-state index in [1.165, 1.54) is 0 Å². The van der Waals surface area contributed by atoms with Gasteiger partial charge in [-0.1, -0.05) is 13.8 Å². The third-order valence-electron chi connectivity index (χ3n) is 3.34. The van der Waals surface area contributed by atoms with Crippen LogP contribution in [0, 0.1) is 17.2 Å². The fraction of sp³-hybridized carbons (Fsp3) is 0.417. The number of carbonyl (C=O) groups excluding carboxylic acids is 1. The molecule has 1 saturated carbocycles. The van der Waals surface area contributed by atoms with Crippen LogP contribution in [0.2, 0.25) is 0 Å². The van der Waals surface area contributed by atoms with Crippen molar-refractivity contribution in [2.45, 2.75) is 25.2 Å². The summed E-state index contributed by atoms with van der Waals surface area (Å²) >= 11 is 0. The number of rotatable bonds is 3. The summed E-state index contributed by atoms with van der Waals surface area (Å²) in [7, 11) is -4.01. The van der Waals surface area contributed by atoms with Gasteiger partial charge in [0, 0.05) is 5.92 Å². The van der Waals surface area contributed by atoms with Crippen LogP contribution in [0.25, 0.3) is 0 Å². The first-order chi connectivity index (χ1) is 8.61. The Kier molecular flexibility index (Phi) is 3.14. The lowest BCUT2D eigenvalue weighted by atomic mass is 10.1. The molecule has 3 N–H and O–H groups in total. The zero-order chi connectivity index (χ0) is 14.4. The highest BCUT2D eigenvalue weighted by molar-refractivity contribution is 7.89. The highest BCUT2D eigenvalue weighted by Crippen LogP contribution is 2.52. The molecule has 7 heteroatoms. The fourth-order valence-corrected chi connectivity index (χ4v) is 2.66. The monoisotopic (exact) mass is 286 g/mol. The maximum absolute atomic E-state index is 13.2. The number of hydrogen-bond acceptors (Lipinski definition) is 3. The minimum atomic E-state index is -4.01. The first-order valence-corrected chi connectivity index (χ1v) is 7.29. The van der Waals surface area contributed by atoms with Crippen LogP contribution in [0.1, 0.15) is 20.3 Å². The molecule has 0 spiro atoms. The van der Waals surface area contributed by atoms with Crippen molar-refractivity contribution in [3.8, 4) is 0 Å². The standard InChI is InChI=1S/C12H15FN2O3S/c1-12(2)6-8(12)11(16)15-9-5-7(13)3-4-10(9)19(14,17)18/h3-5,8H,6H2,1-2H3,(H,15,16)(H2,14,17,18). The van der Waals surface area contributed by atoms with Crippen LogP contribution in [-0.4, -0.2) is 14.3 Å². The molecular weight excluding hydrogens is 271 g/mol. The molecule has 1 atom stereocenters. The van der Waals surface area contributed by atoms with Gasteiger partial charge in [0.1, 0.15) is 10.7 Å². The lowest BCUT2D eigenvalue weighted by molar-refractivity contribution is -0.118. The normalized spacial score (nSPS) is 20.9. The molecule has 0 bridgehead atoms. The highest BCUT2D eigenvalue weighted by atomic mass is 32.2. The van der Waals surface area contributed by atoms with Gasteiger partial charge in [-0.3, -0.25) is 4.79 Å². The van der Waals surface area contributed by atoms with E-state index in [0.29, 0.717) is 0 Å². The van der Waals surface area contributed by atoms with Gasteiger partial charge in [0.05, 0.1) is 5.69 Å². The maximum atomic E-state index is 13.2. The SMILES string of the molecule is CC1(C)CC1C(=O)Nc1cc(F)ccc1S(N)(=O)=O. The molecule has 1 aromatic carbocycles. The Labute approximate surface area is 111 Å². The van der Waals surface area contributed by atoms with Gasteiger partial charge in [-0.2, -0.15) is 0 Å². The summed E-state index contributed by atoms with van der Waals surface area (Å²) in [6.45, 7) is 3.87. The number of anilines is 1. The summed E-state index contributed by atoms with van der Waals surface area (Å²) < 4.78 is 35.9. The van der Waals surface area contributed by atoms with Crippen LogP contribution in [-0.2, 0) is 14.8 Å². The van der Waals surface area contributed by atoms with Crippen LogP contribution in [0.5, 0.6) is 0 Å². The Morgan fingerprint density at radius 2 is 2.05 bits per heavy atom. The third-order valence-corrected chi connectivity index (χ3v) is 4.30. The first kappa shape index (κ1) is 14.0. The smallest absolute Gasteiger partial charge is 0.240 e. The Balaban J connectivity index is 2.30. The van der Waals surface area contributed by atoms with Gasteiger partial charge >= 0.3 is 0 Å². The minimum absolute atomic E-state index is 0.0981. The Hall–Kier alpha value is -1.47. The van der Waals surface area contributed by atoms with Gasteiger partial charge in [-0.25, -0.2) is 17.9 Å². The molecule has 1 aliphatic carbocycles. The van der Waals surface area contributed by atoms with Crippen LogP contribution >= 0.6 is 0 Å². The van der Waals surface area contributed by atoms with Crippen LogP contribution in [0.4, 0.5) is 10.1 Å². The van der Waals surface area contributed by atoms with E-state index in [4.69, 9.17) is 5.14 Å². The number of nitrogens with two attached hydrogens (primary N) is 1. The number of nitrogens with one attached hydrogen (secondary N) is 1. The number of primary sulfonamides is 1. The van der Waals surface area contributed by atoms with Crippen molar-refractivity contribution in [3.63, 3.8) is 0 Å². The lowest BCUT2D eigenvalue weighted by Gasteiger charge is -2.10. The van der Waals surface area contributed by atoms with E-state index in [-0.39, 0.29) is 27.8 Å². The van der Waals surface area contributed by atoms with E-state index in [2.05, 4.69) is 5.32 Å².